The maximum atomic E-state index is 13.5. The van der Waals surface area contributed by atoms with Gasteiger partial charge in [0.1, 0.15) is 5.69 Å². The van der Waals surface area contributed by atoms with Crippen LogP contribution in [0.3, 0.4) is 0 Å². The lowest BCUT2D eigenvalue weighted by atomic mass is 9.94. The Balaban J connectivity index is 2.05. The van der Waals surface area contributed by atoms with E-state index >= 15 is 0 Å². The number of amides is 1. The van der Waals surface area contributed by atoms with Crippen LogP contribution in [0.5, 0.6) is 0 Å². The molecule has 0 aromatic carbocycles. The van der Waals surface area contributed by atoms with Crippen LogP contribution in [0.1, 0.15) is 23.8 Å². The number of hydrogen-bond acceptors (Lipinski definition) is 5. The zero-order chi connectivity index (χ0) is 14.8. The molecule has 1 unspecified atom stereocenters. The highest BCUT2D eigenvalue weighted by molar-refractivity contribution is 7.13. The molecule has 1 saturated heterocycles. The number of rotatable bonds is 4. The summed E-state index contributed by atoms with van der Waals surface area (Å²) in [5.74, 6) is -4.48. The number of likely N-dealkylation sites (tertiary alicyclic amines) is 1. The highest BCUT2D eigenvalue weighted by Gasteiger charge is 2.44. The Morgan fingerprint density at radius 1 is 1.70 bits per heavy atom. The number of hydrogen-bond donors (Lipinski definition) is 2. The van der Waals surface area contributed by atoms with Crippen molar-refractivity contribution in [3.05, 3.63) is 11.1 Å². The van der Waals surface area contributed by atoms with E-state index in [4.69, 9.17) is 5.11 Å². The number of aliphatic hydroxyl groups is 1. The van der Waals surface area contributed by atoms with Crippen LogP contribution in [-0.4, -0.2) is 53.1 Å². The number of nitrogens with zero attached hydrogens (tertiary/aromatic N) is 2. The van der Waals surface area contributed by atoms with Gasteiger partial charge in [0.2, 0.25) is 0 Å². The average Bonchev–Trinajstić information content (AvgIpc) is 2.87. The molecule has 0 spiro atoms. The predicted molar refractivity (Wildman–Crippen MR) is 72.3 cm³/mol. The fraction of sp³-hybridized carbons (Fsp3) is 0.667. The average molecular weight is 305 g/mol. The summed E-state index contributed by atoms with van der Waals surface area (Å²) in [6.45, 7) is 1.83. The summed E-state index contributed by atoms with van der Waals surface area (Å²) in [6.07, 6.45) is -0.422. The smallest absolute Gasteiger partial charge is 0.273 e. The molecule has 0 saturated carbocycles. The Morgan fingerprint density at radius 3 is 3.10 bits per heavy atom. The topological polar surface area (TPSA) is 65.5 Å². The van der Waals surface area contributed by atoms with Crippen LogP contribution in [-0.2, 0) is 0 Å². The molecule has 1 aromatic rings. The molecule has 2 heterocycles. The quantitative estimate of drug-likeness (QED) is 0.888. The number of halogens is 2. The molecule has 2 rings (SSSR count). The van der Waals surface area contributed by atoms with E-state index in [9.17, 15) is 13.6 Å². The van der Waals surface area contributed by atoms with Gasteiger partial charge in [0.15, 0.2) is 5.13 Å². The first-order valence-corrected chi connectivity index (χ1v) is 7.33. The van der Waals surface area contributed by atoms with Crippen LogP contribution in [0.15, 0.2) is 5.38 Å². The van der Waals surface area contributed by atoms with E-state index in [1.54, 1.807) is 5.38 Å². The second-order valence-corrected chi connectivity index (χ2v) is 5.57. The van der Waals surface area contributed by atoms with Crippen molar-refractivity contribution in [3.63, 3.8) is 0 Å². The maximum absolute atomic E-state index is 13.5. The SMILES string of the molecule is CCNc1nc(C(=O)N2CCC(F)(F)C(CO)C2)cs1. The summed E-state index contributed by atoms with van der Waals surface area (Å²) >= 11 is 1.31. The summed E-state index contributed by atoms with van der Waals surface area (Å²) < 4.78 is 27.0. The number of carbonyl (C=O) groups excluding carboxylic acids is 1. The molecule has 0 radical (unpaired) electrons. The maximum Gasteiger partial charge on any atom is 0.273 e. The number of aromatic nitrogens is 1. The fourth-order valence-electron chi connectivity index (χ4n) is 2.12. The standard InChI is InChI=1S/C12H17F2N3O2S/c1-2-15-11-16-9(7-20-11)10(19)17-4-3-12(13,14)8(5-17)6-18/h7-8,18H,2-6H2,1H3,(H,15,16). The van der Waals surface area contributed by atoms with Crippen LogP contribution < -0.4 is 5.32 Å². The summed E-state index contributed by atoms with van der Waals surface area (Å²) in [5, 5.41) is 14.3. The second kappa shape index (κ2) is 6.01. The highest BCUT2D eigenvalue weighted by Crippen LogP contribution is 2.33. The fourth-order valence-corrected chi connectivity index (χ4v) is 2.88. The molecule has 1 aromatic heterocycles. The predicted octanol–water partition coefficient (Wildman–Crippen LogP) is 1.66. The molecule has 0 aliphatic carbocycles. The summed E-state index contributed by atoms with van der Waals surface area (Å²) in [4.78, 5) is 17.7. The van der Waals surface area contributed by atoms with E-state index < -0.39 is 24.9 Å². The molecular formula is C12H17F2N3O2S. The van der Waals surface area contributed by atoms with Gasteiger partial charge in [0.05, 0.1) is 12.5 Å². The van der Waals surface area contributed by atoms with Crippen LogP contribution in [0, 0.1) is 5.92 Å². The van der Waals surface area contributed by atoms with Gasteiger partial charge in [-0.15, -0.1) is 11.3 Å². The molecule has 112 valence electrons. The number of nitrogens with one attached hydrogen (secondary N) is 1. The third kappa shape index (κ3) is 3.06. The van der Waals surface area contributed by atoms with Crippen molar-refractivity contribution >= 4 is 22.4 Å². The minimum atomic E-state index is -2.91. The third-order valence-electron chi connectivity index (χ3n) is 3.31. The summed E-state index contributed by atoms with van der Waals surface area (Å²) in [7, 11) is 0. The van der Waals surface area contributed by atoms with Gasteiger partial charge in [-0.05, 0) is 6.92 Å². The lowest BCUT2D eigenvalue weighted by molar-refractivity contribution is -0.113. The van der Waals surface area contributed by atoms with Gasteiger partial charge in [0.25, 0.3) is 11.8 Å². The van der Waals surface area contributed by atoms with E-state index in [0.717, 1.165) is 0 Å². The first-order chi connectivity index (χ1) is 9.47. The van der Waals surface area contributed by atoms with E-state index in [1.165, 1.54) is 16.2 Å². The Bertz CT molecular complexity index is 481. The zero-order valence-corrected chi connectivity index (χ0v) is 11.9. The van der Waals surface area contributed by atoms with Crippen molar-refractivity contribution in [2.75, 3.05) is 31.6 Å². The molecule has 0 bridgehead atoms. The van der Waals surface area contributed by atoms with Crippen molar-refractivity contribution in [2.24, 2.45) is 5.92 Å². The number of aliphatic hydroxyl groups excluding tert-OH is 1. The highest BCUT2D eigenvalue weighted by atomic mass is 32.1. The van der Waals surface area contributed by atoms with Crippen LogP contribution in [0.25, 0.3) is 0 Å². The Morgan fingerprint density at radius 2 is 2.45 bits per heavy atom. The summed E-state index contributed by atoms with van der Waals surface area (Å²) in [5.41, 5.74) is 0.257. The minimum Gasteiger partial charge on any atom is -0.396 e. The van der Waals surface area contributed by atoms with E-state index in [1.807, 2.05) is 6.92 Å². The number of anilines is 1. The van der Waals surface area contributed by atoms with Crippen LogP contribution in [0.2, 0.25) is 0 Å². The Hall–Kier alpha value is -1.28. The Kier molecular flexibility index (Phi) is 4.54. The van der Waals surface area contributed by atoms with Gasteiger partial charge in [-0.3, -0.25) is 4.79 Å². The van der Waals surface area contributed by atoms with Crippen LogP contribution >= 0.6 is 11.3 Å². The minimum absolute atomic E-state index is 0.0175. The van der Waals surface area contributed by atoms with Gasteiger partial charge < -0.3 is 15.3 Å². The van der Waals surface area contributed by atoms with Crippen LogP contribution in [0.4, 0.5) is 13.9 Å². The molecule has 1 fully saturated rings. The van der Waals surface area contributed by atoms with Gasteiger partial charge >= 0.3 is 0 Å². The number of thiazole rings is 1. The molecule has 8 heteroatoms. The molecule has 1 amide bonds. The molecule has 1 aliphatic heterocycles. The largest absolute Gasteiger partial charge is 0.396 e. The Labute approximate surface area is 119 Å². The van der Waals surface area contributed by atoms with Crippen molar-refractivity contribution in [2.45, 2.75) is 19.3 Å². The van der Waals surface area contributed by atoms with Gasteiger partial charge in [-0.25, -0.2) is 13.8 Å². The van der Waals surface area contributed by atoms with E-state index in [2.05, 4.69) is 10.3 Å². The van der Waals surface area contributed by atoms with Gasteiger partial charge in [-0.2, -0.15) is 0 Å². The molecule has 20 heavy (non-hydrogen) atoms. The van der Waals surface area contributed by atoms with E-state index in [-0.39, 0.29) is 24.7 Å². The van der Waals surface area contributed by atoms with Gasteiger partial charge in [-0.1, -0.05) is 0 Å². The number of piperidine rings is 1. The first-order valence-electron chi connectivity index (χ1n) is 6.45. The molecule has 5 nitrogen and oxygen atoms in total. The van der Waals surface area contributed by atoms with Crippen molar-refractivity contribution in [1.82, 2.24) is 9.88 Å². The molecule has 1 atom stereocenters. The molecular weight excluding hydrogens is 288 g/mol. The molecule has 1 aliphatic rings. The summed E-state index contributed by atoms with van der Waals surface area (Å²) in [6, 6.07) is 0. The number of carbonyl (C=O) groups is 1. The zero-order valence-electron chi connectivity index (χ0n) is 11.1. The van der Waals surface area contributed by atoms with Crippen molar-refractivity contribution in [3.8, 4) is 0 Å². The van der Waals surface area contributed by atoms with E-state index in [0.29, 0.717) is 11.7 Å². The second-order valence-electron chi connectivity index (χ2n) is 4.71. The normalized spacial score (nSPS) is 21.8. The van der Waals surface area contributed by atoms with Crippen molar-refractivity contribution < 1.29 is 18.7 Å². The third-order valence-corrected chi connectivity index (χ3v) is 4.11. The monoisotopic (exact) mass is 305 g/mol. The molecule has 2 N–H and O–H groups in total. The lowest BCUT2D eigenvalue weighted by Crippen LogP contribution is -2.50. The van der Waals surface area contributed by atoms with Crippen molar-refractivity contribution in [1.29, 1.82) is 0 Å². The lowest BCUT2D eigenvalue weighted by Gasteiger charge is -2.37. The number of alkyl halides is 2. The first kappa shape index (κ1) is 15.1. The van der Waals surface area contributed by atoms with Gasteiger partial charge in [0, 0.05) is 31.4 Å².